The summed E-state index contributed by atoms with van der Waals surface area (Å²) in [5, 5.41) is 13.8. The van der Waals surface area contributed by atoms with Crippen molar-refractivity contribution < 1.29 is 13.2 Å². The van der Waals surface area contributed by atoms with Crippen molar-refractivity contribution in [3.63, 3.8) is 0 Å². The molecule has 30 heavy (non-hydrogen) atoms. The molecule has 4 nitrogen and oxygen atoms in total. The summed E-state index contributed by atoms with van der Waals surface area (Å²) in [6.07, 6.45) is -2.61. The van der Waals surface area contributed by atoms with Gasteiger partial charge in [-0.2, -0.15) is 28.2 Å². The largest absolute Gasteiger partial charge is 0.417 e. The van der Waals surface area contributed by atoms with Crippen LogP contribution in [0.1, 0.15) is 58.1 Å². The van der Waals surface area contributed by atoms with Crippen molar-refractivity contribution in [1.29, 1.82) is 5.26 Å². The molecule has 0 saturated heterocycles. The minimum absolute atomic E-state index is 0.0145. The Morgan fingerprint density at radius 1 is 1.07 bits per heavy atom. The summed E-state index contributed by atoms with van der Waals surface area (Å²) in [5.74, 6) is 0. The first-order chi connectivity index (χ1) is 13.8. The van der Waals surface area contributed by atoms with Gasteiger partial charge in [0.25, 0.3) is 5.56 Å². The van der Waals surface area contributed by atoms with Crippen LogP contribution in [0.3, 0.4) is 0 Å². The molecular weight excluding hydrogens is 391 g/mol. The normalized spacial score (nSPS) is 18.0. The molecule has 1 saturated carbocycles. The lowest BCUT2D eigenvalue weighted by atomic mass is 9.65. The first-order valence-corrected chi connectivity index (χ1v) is 9.72. The van der Waals surface area contributed by atoms with E-state index in [1.54, 1.807) is 30.3 Å². The van der Waals surface area contributed by atoms with Gasteiger partial charge in [-0.1, -0.05) is 58.0 Å². The van der Waals surface area contributed by atoms with E-state index < -0.39 is 22.9 Å². The Morgan fingerprint density at radius 2 is 1.63 bits per heavy atom. The number of nitriles is 1. The van der Waals surface area contributed by atoms with Crippen LogP contribution in [0, 0.1) is 22.2 Å². The monoisotopic (exact) mass is 415 g/mol. The van der Waals surface area contributed by atoms with E-state index in [4.69, 9.17) is 0 Å². The van der Waals surface area contributed by atoms with E-state index >= 15 is 0 Å². The lowest BCUT2D eigenvalue weighted by Gasteiger charge is -2.41. The van der Waals surface area contributed by atoms with Gasteiger partial charge >= 0.3 is 6.18 Å². The summed E-state index contributed by atoms with van der Waals surface area (Å²) in [7, 11) is 0. The molecule has 1 fully saturated rings. The van der Waals surface area contributed by atoms with Crippen molar-refractivity contribution in [1.82, 2.24) is 4.68 Å². The first-order valence-electron chi connectivity index (χ1n) is 9.72. The molecule has 158 valence electrons. The van der Waals surface area contributed by atoms with Gasteiger partial charge in [-0.05, 0) is 36.2 Å². The molecule has 1 aliphatic carbocycles. The standard InChI is InChI=1S/C23H24F3N3O/c1-21(2)11-16(12-22(3,4)14-21)28-29-19(15-8-6-5-7-9-15)10-18(23(24,25)26)17(13-27)20(29)30/h5-10H,11-12,14H2,1-4H3. The van der Waals surface area contributed by atoms with Crippen LogP contribution in [0.5, 0.6) is 0 Å². The van der Waals surface area contributed by atoms with Crippen LogP contribution >= 0.6 is 0 Å². The fourth-order valence-corrected chi connectivity index (χ4v) is 4.65. The molecule has 7 heteroatoms. The molecule has 1 aromatic heterocycles. The van der Waals surface area contributed by atoms with E-state index in [9.17, 15) is 23.2 Å². The average Bonchev–Trinajstić information content (AvgIpc) is 2.60. The molecule has 0 unspecified atom stereocenters. The second-order valence-corrected chi connectivity index (χ2v) is 9.44. The number of nitrogens with zero attached hydrogens (tertiary/aromatic N) is 3. The molecule has 3 rings (SSSR count). The maximum Gasteiger partial charge on any atom is 0.417 e. The minimum atomic E-state index is -4.82. The second-order valence-electron chi connectivity index (χ2n) is 9.44. The third kappa shape index (κ3) is 4.48. The van der Waals surface area contributed by atoms with Crippen LogP contribution in [0.15, 0.2) is 46.3 Å². The number of alkyl halides is 3. The second kappa shape index (κ2) is 7.42. The van der Waals surface area contributed by atoms with E-state index in [1.165, 1.54) is 6.07 Å². The van der Waals surface area contributed by atoms with Crippen molar-refractivity contribution >= 4 is 5.71 Å². The van der Waals surface area contributed by atoms with Crippen LogP contribution in [0.25, 0.3) is 11.3 Å². The summed E-state index contributed by atoms with van der Waals surface area (Å²) in [4.78, 5) is 13.0. The summed E-state index contributed by atoms with van der Waals surface area (Å²) >= 11 is 0. The van der Waals surface area contributed by atoms with Crippen molar-refractivity contribution in [3.05, 3.63) is 57.9 Å². The van der Waals surface area contributed by atoms with Crippen LogP contribution in [0.2, 0.25) is 0 Å². The third-order valence-electron chi connectivity index (χ3n) is 5.24. The van der Waals surface area contributed by atoms with Gasteiger partial charge in [0.05, 0.1) is 11.3 Å². The number of pyridine rings is 1. The van der Waals surface area contributed by atoms with Crippen LogP contribution in [-0.4, -0.2) is 10.4 Å². The van der Waals surface area contributed by atoms with Crippen molar-refractivity contribution in [2.45, 2.75) is 53.1 Å². The number of rotatable bonds is 2. The zero-order chi connectivity index (χ0) is 22.3. The molecule has 1 heterocycles. The molecule has 1 aliphatic rings. The van der Waals surface area contributed by atoms with Crippen LogP contribution in [-0.2, 0) is 6.18 Å². The SMILES string of the molecule is CC1(C)CC(=Nn2c(-c3ccccc3)cc(C(F)(F)F)c(C#N)c2=O)CC(C)(C)C1. The number of benzene rings is 1. The van der Waals surface area contributed by atoms with Gasteiger partial charge in [0.2, 0.25) is 0 Å². The first kappa shape index (κ1) is 21.8. The maximum absolute atomic E-state index is 13.6. The molecule has 0 N–H and O–H groups in total. The highest BCUT2D eigenvalue weighted by atomic mass is 19.4. The highest BCUT2D eigenvalue weighted by Crippen LogP contribution is 2.44. The van der Waals surface area contributed by atoms with Crippen molar-refractivity contribution in [3.8, 4) is 17.3 Å². The molecule has 0 aliphatic heterocycles. The van der Waals surface area contributed by atoms with Gasteiger partial charge in [0.1, 0.15) is 11.6 Å². The number of aromatic nitrogens is 1. The number of hydrogen-bond donors (Lipinski definition) is 0. The predicted octanol–water partition coefficient (Wildman–Crippen LogP) is 5.85. The van der Waals surface area contributed by atoms with E-state index in [0.717, 1.165) is 22.9 Å². The highest BCUT2D eigenvalue weighted by Gasteiger charge is 2.38. The van der Waals surface area contributed by atoms with Gasteiger partial charge in [0.15, 0.2) is 0 Å². The zero-order valence-electron chi connectivity index (χ0n) is 17.5. The fraction of sp³-hybridized carbons (Fsp3) is 0.435. The summed E-state index contributed by atoms with van der Waals surface area (Å²) in [6.45, 7) is 8.44. The molecule has 0 atom stereocenters. The van der Waals surface area contributed by atoms with Crippen LogP contribution in [0.4, 0.5) is 13.2 Å². The molecule has 0 radical (unpaired) electrons. The summed E-state index contributed by atoms with van der Waals surface area (Å²) in [6, 6.07) is 10.6. The Kier molecular flexibility index (Phi) is 5.40. The van der Waals surface area contributed by atoms with Crippen molar-refractivity contribution in [2.24, 2.45) is 15.9 Å². The summed E-state index contributed by atoms with van der Waals surface area (Å²) < 4.78 is 41.7. The molecule has 0 spiro atoms. The van der Waals surface area contributed by atoms with Crippen molar-refractivity contribution in [2.75, 3.05) is 0 Å². The Balaban J connectivity index is 2.31. The van der Waals surface area contributed by atoms with E-state index in [2.05, 4.69) is 32.8 Å². The van der Waals surface area contributed by atoms with E-state index in [0.29, 0.717) is 18.4 Å². The molecule has 2 aromatic rings. The van der Waals surface area contributed by atoms with E-state index in [1.807, 2.05) is 0 Å². The van der Waals surface area contributed by atoms with E-state index in [-0.39, 0.29) is 16.5 Å². The Hall–Kier alpha value is -2.88. The number of halogens is 3. The fourth-order valence-electron chi connectivity index (χ4n) is 4.65. The topological polar surface area (TPSA) is 58.1 Å². The lowest BCUT2D eigenvalue weighted by Crippen LogP contribution is -2.35. The maximum atomic E-state index is 13.6. The Labute approximate surface area is 173 Å². The Morgan fingerprint density at radius 3 is 2.13 bits per heavy atom. The quantitative estimate of drug-likeness (QED) is 0.618. The molecule has 1 aromatic carbocycles. The molecule has 0 bridgehead atoms. The average molecular weight is 415 g/mol. The molecular formula is C23H24F3N3O. The van der Waals surface area contributed by atoms with Gasteiger partial charge in [-0.3, -0.25) is 4.79 Å². The Bertz CT molecular complexity index is 1070. The lowest BCUT2D eigenvalue weighted by molar-refractivity contribution is -0.137. The third-order valence-corrected chi connectivity index (χ3v) is 5.24. The van der Waals surface area contributed by atoms with Gasteiger partial charge in [-0.15, -0.1) is 0 Å². The van der Waals surface area contributed by atoms with Gasteiger partial charge in [0, 0.05) is 11.3 Å². The van der Waals surface area contributed by atoms with Gasteiger partial charge < -0.3 is 0 Å². The smallest absolute Gasteiger partial charge is 0.266 e. The highest BCUT2D eigenvalue weighted by molar-refractivity contribution is 5.86. The van der Waals surface area contributed by atoms with Gasteiger partial charge in [-0.25, -0.2) is 0 Å². The van der Waals surface area contributed by atoms with Crippen LogP contribution < -0.4 is 5.56 Å². The summed E-state index contributed by atoms with van der Waals surface area (Å²) in [5.41, 5.74) is -2.18. The zero-order valence-corrected chi connectivity index (χ0v) is 17.5. The number of hydrogen-bond acceptors (Lipinski definition) is 3. The predicted molar refractivity (Wildman–Crippen MR) is 110 cm³/mol. The minimum Gasteiger partial charge on any atom is -0.266 e. The molecule has 0 amide bonds.